The Bertz CT molecular complexity index is 1140. The van der Waals surface area contributed by atoms with Gasteiger partial charge in [0.15, 0.2) is 0 Å². The minimum absolute atomic E-state index is 0.00443. The molecule has 1 amide bonds. The average molecular weight is 447 g/mol. The molecule has 2 aromatic heterocycles. The van der Waals surface area contributed by atoms with Crippen LogP contribution in [0.25, 0.3) is 11.3 Å². The number of hydrogen-bond acceptors (Lipinski definition) is 5. The molecule has 1 unspecified atom stereocenters. The van der Waals surface area contributed by atoms with Crippen LogP contribution in [0.15, 0.2) is 36.7 Å². The summed E-state index contributed by atoms with van der Waals surface area (Å²) in [6, 6.07) is 10.8. The van der Waals surface area contributed by atoms with Crippen molar-refractivity contribution in [2.75, 3.05) is 26.3 Å². The largest absolute Gasteiger partial charge is 0.381 e. The van der Waals surface area contributed by atoms with Gasteiger partial charge in [0, 0.05) is 49.2 Å². The van der Waals surface area contributed by atoms with E-state index in [1.54, 1.807) is 0 Å². The van der Waals surface area contributed by atoms with Crippen molar-refractivity contribution in [1.82, 2.24) is 29.9 Å². The van der Waals surface area contributed by atoms with E-state index >= 15 is 0 Å². The summed E-state index contributed by atoms with van der Waals surface area (Å²) in [4.78, 5) is 15.5. The number of carbonyl (C=O) groups excluding carboxylic acids is 1. The Kier molecular flexibility index (Phi) is 5.05. The third kappa shape index (κ3) is 3.66. The lowest BCUT2D eigenvalue weighted by molar-refractivity contribution is 0.0107. The lowest BCUT2D eigenvalue weighted by Gasteiger charge is -2.37. The van der Waals surface area contributed by atoms with Crippen LogP contribution in [0, 0.1) is 5.41 Å². The molecule has 1 atom stereocenters. The molecule has 2 saturated heterocycles. The van der Waals surface area contributed by atoms with Gasteiger partial charge in [0.05, 0.1) is 5.69 Å². The van der Waals surface area contributed by atoms with Crippen LogP contribution in [-0.4, -0.2) is 62.1 Å². The Morgan fingerprint density at radius 3 is 2.73 bits per heavy atom. The van der Waals surface area contributed by atoms with Crippen LogP contribution in [0.4, 0.5) is 0 Å². The van der Waals surface area contributed by atoms with Gasteiger partial charge >= 0.3 is 0 Å². The van der Waals surface area contributed by atoms with Crippen molar-refractivity contribution in [1.29, 1.82) is 0 Å². The number of aryl methyl sites for hydroxylation is 1. The zero-order chi connectivity index (χ0) is 22.4. The van der Waals surface area contributed by atoms with Crippen LogP contribution in [0.5, 0.6) is 0 Å². The normalized spacial score (nSPS) is 22.2. The van der Waals surface area contributed by atoms with Gasteiger partial charge < -0.3 is 14.2 Å². The smallest absolute Gasteiger partial charge is 0.271 e. The molecule has 8 heteroatoms. The molecular formula is C25H30N6O2. The molecule has 1 aromatic carbocycles. The van der Waals surface area contributed by atoms with Crippen molar-refractivity contribution in [3.8, 4) is 11.3 Å². The first-order valence-corrected chi connectivity index (χ1v) is 12.1. The van der Waals surface area contributed by atoms with Crippen molar-refractivity contribution in [3.63, 3.8) is 0 Å². The number of hydrogen-bond donors (Lipinski definition) is 1. The molecule has 4 heterocycles. The van der Waals surface area contributed by atoms with Crippen LogP contribution >= 0.6 is 0 Å². The van der Waals surface area contributed by atoms with Gasteiger partial charge in [-0.25, -0.2) is 0 Å². The van der Waals surface area contributed by atoms with E-state index in [9.17, 15) is 4.79 Å². The molecule has 1 spiro atoms. The van der Waals surface area contributed by atoms with E-state index in [0.717, 1.165) is 56.1 Å². The van der Waals surface area contributed by atoms with Gasteiger partial charge in [-0.15, -0.1) is 10.2 Å². The van der Waals surface area contributed by atoms with Crippen molar-refractivity contribution < 1.29 is 9.53 Å². The molecule has 1 N–H and O–H groups in total. The van der Waals surface area contributed by atoms with Crippen molar-refractivity contribution in [2.24, 2.45) is 5.41 Å². The number of amides is 1. The summed E-state index contributed by atoms with van der Waals surface area (Å²) in [5.41, 5.74) is 3.63. The second-order valence-corrected chi connectivity index (χ2v) is 9.76. The van der Waals surface area contributed by atoms with Gasteiger partial charge in [-0.1, -0.05) is 31.2 Å². The maximum Gasteiger partial charge on any atom is 0.271 e. The number of rotatable bonds is 5. The standard InChI is InChI=1S/C25H30N6O2/c1-2-17-3-5-18(6-4-17)21-13-22(28-27-21)24(32)30-14-20(25(15-30)9-11-33-12-10-25)23-29-26-16-31(23)19-7-8-19/h3-6,13,16,19-20H,2,7-12,14-15H2,1H3,(H,27,28). The van der Waals surface area contributed by atoms with Gasteiger partial charge in [0.1, 0.15) is 17.8 Å². The Morgan fingerprint density at radius 1 is 1.21 bits per heavy atom. The molecular weight excluding hydrogens is 416 g/mol. The molecule has 2 aliphatic heterocycles. The third-order valence-corrected chi connectivity index (χ3v) is 7.74. The second kappa shape index (κ2) is 8.09. The first kappa shape index (κ1) is 20.6. The Labute approximate surface area is 193 Å². The Balaban J connectivity index is 1.26. The van der Waals surface area contributed by atoms with E-state index in [2.05, 4.69) is 56.2 Å². The topological polar surface area (TPSA) is 88.9 Å². The molecule has 6 rings (SSSR count). The predicted octanol–water partition coefficient (Wildman–Crippen LogP) is 3.60. The summed E-state index contributed by atoms with van der Waals surface area (Å²) in [6.45, 7) is 4.98. The summed E-state index contributed by atoms with van der Waals surface area (Å²) in [7, 11) is 0. The van der Waals surface area contributed by atoms with Gasteiger partial charge in [-0.3, -0.25) is 9.89 Å². The number of aromatic nitrogens is 5. The number of carbonyl (C=O) groups is 1. The van der Waals surface area contributed by atoms with Crippen LogP contribution in [0.3, 0.4) is 0 Å². The van der Waals surface area contributed by atoms with Crippen molar-refractivity contribution >= 4 is 5.91 Å². The Hall–Kier alpha value is -3.00. The summed E-state index contributed by atoms with van der Waals surface area (Å²) < 4.78 is 7.95. The average Bonchev–Trinajstić information content (AvgIpc) is 3.24. The fourth-order valence-corrected chi connectivity index (χ4v) is 5.56. The molecule has 0 radical (unpaired) electrons. The van der Waals surface area contributed by atoms with Crippen LogP contribution in [-0.2, 0) is 11.2 Å². The number of nitrogens with one attached hydrogen (secondary N) is 1. The van der Waals surface area contributed by atoms with Crippen LogP contribution in [0.2, 0.25) is 0 Å². The van der Waals surface area contributed by atoms with Gasteiger partial charge in [0.2, 0.25) is 0 Å². The second-order valence-electron chi connectivity index (χ2n) is 9.76. The zero-order valence-electron chi connectivity index (χ0n) is 19.0. The summed E-state index contributed by atoms with van der Waals surface area (Å²) in [5, 5.41) is 16.2. The quantitative estimate of drug-likeness (QED) is 0.647. The molecule has 3 fully saturated rings. The molecule has 0 bridgehead atoms. The number of H-pyrrole nitrogens is 1. The van der Waals surface area contributed by atoms with Gasteiger partial charge in [0.25, 0.3) is 5.91 Å². The molecule has 3 aliphatic rings. The predicted molar refractivity (Wildman–Crippen MR) is 123 cm³/mol. The molecule has 172 valence electrons. The number of likely N-dealkylation sites (tertiary alicyclic amines) is 1. The molecule has 3 aromatic rings. The molecule has 8 nitrogen and oxygen atoms in total. The highest BCUT2D eigenvalue weighted by Gasteiger charge is 2.51. The fraction of sp³-hybridized carbons (Fsp3) is 0.520. The monoisotopic (exact) mass is 446 g/mol. The fourth-order valence-electron chi connectivity index (χ4n) is 5.56. The maximum absolute atomic E-state index is 13.5. The van der Waals surface area contributed by atoms with E-state index < -0.39 is 0 Å². The van der Waals surface area contributed by atoms with Gasteiger partial charge in [-0.2, -0.15) is 5.10 Å². The van der Waals surface area contributed by atoms with E-state index in [-0.39, 0.29) is 17.2 Å². The summed E-state index contributed by atoms with van der Waals surface area (Å²) >= 11 is 0. The van der Waals surface area contributed by atoms with Crippen molar-refractivity contribution in [3.05, 3.63) is 53.7 Å². The minimum atomic E-state index is -0.00752. The molecule has 33 heavy (non-hydrogen) atoms. The first-order valence-electron chi connectivity index (χ1n) is 12.1. The maximum atomic E-state index is 13.5. The van der Waals surface area contributed by atoms with E-state index in [4.69, 9.17) is 4.74 Å². The number of benzene rings is 1. The number of aromatic amines is 1. The highest BCUT2D eigenvalue weighted by molar-refractivity contribution is 5.93. The minimum Gasteiger partial charge on any atom is -0.381 e. The van der Waals surface area contributed by atoms with E-state index in [1.165, 1.54) is 18.4 Å². The molecule has 1 aliphatic carbocycles. The van der Waals surface area contributed by atoms with E-state index in [1.807, 2.05) is 17.3 Å². The SMILES string of the molecule is CCc1ccc(-c2cc(C(=O)N3CC(c4nncn4C4CC4)C4(CCOCC4)C3)[nH]n2)cc1. The van der Waals surface area contributed by atoms with Crippen LogP contribution < -0.4 is 0 Å². The lowest BCUT2D eigenvalue weighted by Crippen LogP contribution is -2.37. The van der Waals surface area contributed by atoms with Gasteiger partial charge in [-0.05, 0) is 43.7 Å². The van der Waals surface area contributed by atoms with Crippen LogP contribution in [0.1, 0.15) is 66.4 Å². The highest BCUT2D eigenvalue weighted by Crippen LogP contribution is 2.50. The first-order chi connectivity index (χ1) is 16.2. The van der Waals surface area contributed by atoms with E-state index in [0.29, 0.717) is 18.3 Å². The lowest BCUT2D eigenvalue weighted by atomic mass is 9.71. The third-order valence-electron chi connectivity index (χ3n) is 7.74. The number of ether oxygens (including phenoxy) is 1. The zero-order valence-corrected chi connectivity index (χ0v) is 19.0. The van der Waals surface area contributed by atoms with Crippen molar-refractivity contribution in [2.45, 2.75) is 51.0 Å². The highest BCUT2D eigenvalue weighted by atomic mass is 16.5. The summed E-state index contributed by atoms with van der Waals surface area (Å²) in [5.74, 6) is 1.22. The number of nitrogens with zero attached hydrogens (tertiary/aromatic N) is 5. The summed E-state index contributed by atoms with van der Waals surface area (Å²) in [6.07, 6.45) is 7.13. The Morgan fingerprint density at radius 2 is 2.00 bits per heavy atom. The molecule has 1 saturated carbocycles.